The molecule has 4 aliphatic rings. The van der Waals surface area contributed by atoms with Crippen molar-refractivity contribution in [3.63, 3.8) is 0 Å². The molecule has 2 aliphatic carbocycles. The third-order valence-electron chi connectivity index (χ3n) is 10.4. The number of imide groups is 2. The van der Waals surface area contributed by atoms with Crippen LogP contribution in [0.5, 0.6) is 17.2 Å². The van der Waals surface area contributed by atoms with Crippen LogP contribution in [0.2, 0.25) is 0 Å². The number of non-ortho nitro benzene ring substituents is 1. The minimum Gasteiger partial charge on any atom is -0.508 e. The maximum Gasteiger partial charge on any atom is 0.269 e. The molecule has 4 amide bonds. The molecular weight excluding hydrogens is 606 g/mol. The van der Waals surface area contributed by atoms with Gasteiger partial charge in [-0.05, 0) is 49.9 Å². The van der Waals surface area contributed by atoms with Crippen molar-refractivity contribution in [1.82, 2.24) is 0 Å². The Morgan fingerprint density at radius 3 is 2.06 bits per heavy atom. The van der Waals surface area contributed by atoms with Crippen LogP contribution in [0.1, 0.15) is 31.2 Å². The number of carbonyl (C=O) groups excluding carboxylic acids is 4. The van der Waals surface area contributed by atoms with E-state index in [1.807, 2.05) is 6.08 Å². The average Bonchev–Trinajstić information content (AvgIpc) is 3.44. The van der Waals surface area contributed by atoms with Gasteiger partial charge in [0.2, 0.25) is 23.6 Å². The normalized spacial score (nSPS) is 28.1. The van der Waals surface area contributed by atoms with Crippen molar-refractivity contribution in [2.24, 2.45) is 29.1 Å². The van der Waals surface area contributed by atoms with Gasteiger partial charge in [-0.1, -0.05) is 29.8 Å². The van der Waals surface area contributed by atoms with Gasteiger partial charge in [0, 0.05) is 35.7 Å². The highest BCUT2D eigenvalue weighted by Crippen LogP contribution is 2.65. The lowest BCUT2D eigenvalue weighted by molar-refractivity contribution is -0.384. The number of aromatic hydroxyl groups is 1. The molecule has 2 heterocycles. The minimum atomic E-state index is -1.34. The Morgan fingerprint density at radius 2 is 1.47 bits per heavy atom. The number of rotatable bonds is 6. The van der Waals surface area contributed by atoms with E-state index in [-0.39, 0.29) is 41.5 Å². The van der Waals surface area contributed by atoms with E-state index in [4.69, 9.17) is 9.47 Å². The number of anilines is 2. The molecule has 3 fully saturated rings. The fraction of sp³-hybridized carbons (Fsp3) is 0.314. The fourth-order valence-corrected chi connectivity index (χ4v) is 8.33. The molecule has 2 aliphatic heterocycles. The summed E-state index contributed by atoms with van der Waals surface area (Å²) in [6.45, 7) is 1.76. The molecule has 0 radical (unpaired) electrons. The van der Waals surface area contributed by atoms with Gasteiger partial charge in [0.25, 0.3) is 5.69 Å². The van der Waals surface area contributed by atoms with Crippen LogP contribution in [0.15, 0.2) is 78.4 Å². The van der Waals surface area contributed by atoms with E-state index in [9.17, 15) is 34.4 Å². The van der Waals surface area contributed by atoms with E-state index >= 15 is 0 Å². The first-order valence-electron chi connectivity index (χ1n) is 15.2. The third kappa shape index (κ3) is 4.20. The second kappa shape index (κ2) is 10.8. The number of nitro benzene ring substituents is 1. The van der Waals surface area contributed by atoms with E-state index in [0.717, 1.165) is 10.5 Å². The van der Waals surface area contributed by atoms with Crippen molar-refractivity contribution in [2.45, 2.75) is 25.7 Å². The summed E-state index contributed by atoms with van der Waals surface area (Å²) in [5.41, 5.74) is 0.303. The Balaban J connectivity index is 1.39. The predicted molar refractivity (Wildman–Crippen MR) is 168 cm³/mol. The lowest BCUT2D eigenvalue weighted by Crippen LogP contribution is -2.49. The zero-order valence-corrected chi connectivity index (χ0v) is 25.8. The number of nitro groups is 1. The van der Waals surface area contributed by atoms with Gasteiger partial charge in [0.05, 0.1) is 53.7 Å². The molecule has 6 atom stereocenters. The highest BCUT2D eigenvalue weighted by molar-refractivity contribution is 6.25. The maximum absolute atomic E-state index is 14.6. The molecule has 3 aromatic rings. The molecule has 12 nitrogen and oxygen atoms in total. The van der Waals surface area contributed by atoms with Gasteiger partial charge in [0.15, 0.2) is 0 Å². The van der Waals surface area contributed by atoms with Crippen LogP contribution in [0.3, 0.4) is 0 Å². The number of allylic oxidation sites excluding steroid dienone is 2. The van der Waals surface area contributed by atoms with Crippen LogP contribution in [0, 0.1) is 39.2 Å². The highest BCUT2D eigenvalue weighted by Gasteiger charge is 2.68. The number of amides is 4. The summed E-state index contributed by atoms with van der Waals surface area (Å²) in [7, 11) is 2.87. The maximum atomic E-state index is 14.6. The Kier molecular flexibility index (Phi) is 6.92. The molecule has 2 saturated heterocycles. The van der Waals surface area contributed by atoms with E-state index in [1.165, 1.54) is 55.5 Å². The lowest BCUT2D eigenvalue weighted by atomic mass is 9.51. The second-order valence-electron chi connectivity index (χ2n) is 12.5. The average molecular weight is 638 g/mol. The molecule has 0 aromatic heterocycles. The van der Waals surface area contributed by atoms with Crippen LogP contribution in [0.4, 0.5) is 17.1 Å². The molecule has 6 unspecified atom stereocenters. The Morgan fingerprint density at radius 1 is 0.851 bits per heavy atom. The first kappa shape index (κ1) is 30.2. The minimum absolute atomic E-state index is 0.121. The second-order valence-corrected chi connectivity index (χ2v) is 12.5. The molecule has 240 valence electrons. The quantitative estimate of drug-likeness (QED) is 0.174. The molecule has 1 saturated carbocycles. The summed E-state index contributed by atoms with van der Waals surface area (Å²) < 4.78 is 11.5. The van der Waals surface area contributed by atoms with Gasteiger partial charge in [0.1, 0.15) is 17.2 Å². The smallest absolute Gasteiger partial charge is 0.269 e. The highest BCUT2D eigenvalue weighted by atomic mass is 16.6. The first-order chi connectivity index (χ1) is 22.5. The number of methoxy groups -OCH3 is 2. The van der Waals surface area contributed by atoms with Crippen molar-refractivity contribution in [2.75, 3.05) is 24.0 Å². The zero-order chi connectivity index (χ0) is 33.4. The summed E-state index contributed by atoms with van der Waals surface area (Å²) >= 11 is 0. The van der Waals surface area contributed by atoms with Gasteiger partial charge < -0.3 is 14.6 Å². The van der Waals surface area contributed by atoms with Gasteiger partial charge in [-0.15, -0.1) is 0 Å². The molecule has 7 rings (SSSR count). The number of fused-ring (bicyclic) bond motifs is 4. The van der Waals surface area contributed by atoms with Crippen molar-refractivity contribution in [3.05, 3.63) is 94.1 Å². The van der Waals surface area contributed by atoms with Crippen molar-refractivity contribution < 1.29 is 38.7 Å². The topological polar surface area (TPSA) is 157 Å². The SMILES string of the molecule is COc1cc(O)cc(OC)c1C1C2=CCC3C(=O)N(c4ccc([N+](=O)[O-])cc4)C(=O)C3C2CC2C(=O)N(c3ccccc3)C(=O)C21C. The van der Waals surface area contributed by atoms with Gasteiger partial charge in [-0.25, -0.2) is 4.90 Å². The van der Waals surface area contributed by atoms with Crippen molar-refractivity contribution in [1.29, 1.82) is 0 Å². The zero-order valence-electron chi connectivity index (χ0n) is 25.8. The van der Waals surface area contributed by atoms with E-state index in [2.05, 4.69) is 0 Å². The van der Waals surface area contributed by atoms with E-state index in [1.54, 1.807) is 37.3 Å². The van der Waals surface area contributed by atoms with Gasteiger partial charge >= 0.3 is 0 Å². The van der Waals surface area contributed by atoms with Crippen LogP contribution < -0.4 is 19.3 Å². The standard InChI is InChI=1S/C35H31N3O9/c1-35-25(32(41)37(34(35)43)18-7-5-4-6-8-18)17-24-22(30(35)29-26(46-2)15-21(39)16-27(29)47-3)13-14-23-28(24)33(42)36(31(23)40)19-9-11-20(12-10-19)38(44)45/h4-13,15-16,23-25,28,30,39H,14,17H2,1-3H3. The fourth-order valence-electron chi connectivity index (χ4n) is 8.33. The first-order valence-corrected chi connectivity index (χ1v) is 15.2. The number of benzene rings is 3. The molecule has 1 N–H and O–H groups in total. The summed E-state index contributed by atoms with van der Waals surface area (Å²) in [5.74, 6) is -5.20. The largest absolute Gasteiger partial charge is 0.508 e. The number of hydrogen-bond donors (Lipinski definition) is 1. The summed E-state index contributed by atoms with van der Waals surface area (Å²) in [4.78, 5) is 70.0. The van der Waals surface area contributed by atoms with Crippen molar-refractivity contribution >= 4 is 40.7 Å². The van der Waals surface area contributed by atoms with Crippen LogP contribution in [-0.2, 0) is 19.2 Å². The predicted octanol–water partition coefficient (Wildman–Crippen LogP) is 4.75. The summed E-state index contributed by atoms with van der Waals surface area (Å²) in [6.07, 6.45) is 2.25. The van der Waals surface area contributed by atoms with Crippen LogP contribution in [-0.4, -0.2) is 47.9 Å². The molecule has 47 heavy (non-hydrogen) atoms. The summed E-state index contributed by atoms with van der Waals surface area (Å²) in [5, 5.41) is 21.7. The Bertz CT molecular complexity index is 1860. The number of phenolic OH excluding ortho intramolecular Hbond substituents is 1. The number of para-hydroxylation sites is 1. The molecule has 3 aromatic carbocycles. The molecular formula is C35H31N3O9. The van der Waals surface area contributed by atoms with E-state index in [0.29, 0.717) is 11.3 Å². The number of phenols is 1. The number of carbonyl (C=O) groups is 4. The Hall–Kier alpha value is -5.52. The monoisotopic (exact) mass is 637 g/mol. The summed E-state index contributed by atoms with van der Waals surface area (Å²) in [6, 6.07) is 16.7. The third-order valence-corrected chi connectivity index (χ3v) is 10.4. The molecule has 12 heteroatoms. The number of ether oxygens (including phenoxy) is 2. The van der Waals surface area contributed by atoms with Crippen LogP contribution in [0.25, 0.3) is 0 Å². The van der Waals surface area contributed by atoms with Gasteiger partial charge in [-0.3, -0.25) is 34.2 Å². The van der Waals surface area contributed by atoms with Crippen molar-refractivity contribution in [3.8, 4) is 17.2 Å². The Labute approximate surface area is 269 Å². The number of hydrogen-bond acceptors (Lipinski definition) is 9. The lowest BCUT2D eigenvalue weighted by Gasteiger charge is -2.49. The molecule has 0 spiro atoms. The van der Waals surface area contributed by atoms with Gasteiger partial charge in [-0.2, -0.15) is 0 Å². The number of nitrogens with zero attached hydrogens (tertiary/aromatic N) is 3. The van der Waals surface area contributed by atoms with Crippen LogP contribution >= 0.6 is 0 Å². The molecule has 0 bridgehead atoms. The van der Waals surface area contributed by atoms with E-state index < -0.39 is 63.6 Å².